The summed E-state index contributed by atoms with van der Waals surface area (Å²) in [5, 5.41) is 12.0. The highest BCUT2D eigenvalue weighted by molar-refractivity contribution is 6.37. The van der Waals surface area contributed by atoms with Crippen molar-refractivity contribution in [1.82, 2.24) is 0 Å². The molecule has 2 N–H and O–H groups in total. The predicted molar refractivity (Wildman–Crippen MR) is 94.1 cm³/mol. The molecule has 1 aliphatic heterocycles. The number of benzene rings is 2. The number of hydrogen-bond acceptors (Lipinski definition) is 4. The number of carboxylic acid groups (broad SMARTS) is 1. The first-order chi connectivity index (χ1) is 12.5. The topological polar surface area (TPSA) is 105 Å². The van der Waals surface area contributed by atoms with Crippen molar-refractivity contribution in [3.05, 3.63) is 65.7 Å². The molecule has 0 bridgehead atoms. The van der Waals surface area contributed by atoms with Crippen LogP contribution in [-0.4, -0.2) is 28.8 Å². The zero-order chi connectivity index (χ0) is 18.5. The number of aliphatic carboxylic acids is 1. The van der Waals surface area contributed by atoms with Gasteiger partial charge in [-0.2, -0.15) is 4.99 Å². The van der Waals surface area contributed by atoms with Crippen LogP contribution in [0.15, 0.2) is 59.6 Å². The normalized spacial score (nSPS) is 15.9. The van der Waals surface area contributed by atoms with Gasteiger partial charge in [0.2, 0.25) is 5.91 Å². The number of aliphatic imine (C=N–C) groups is 1. The summed E-state index contributed by atoms with van der Waals surface area (Å²) in [5.41, 5.74) is 1.67. The standard InChI is InChI=1S/C19H16N2O5/c22-17-14(13-8-4-5-9-15(13)20-17)10-16(18(23)24)21-19(25)26-11-12-6-2-1-3-7-12/h1-9,14H,10-11H2,(H,20,22)(H,23,24)/b21-16-. The Balaban J connectivity index is 1.71. The van der Waals surface area contributed by atoms with E-state index in [1.54, 1.807) is 48.5 Å². The van der Waals surface area contributed by atoms with Gasteiger partial charge in [-0.05, 0) is 17.2 Å². The lowest BCUT2D eigenvalue weighted by molar-refractivity contribution is -0.129. The lowest BCUT2D eigenvalue weighted by Crippen LogP contribution is -2.22. The highest BCUT2D eigenvalue weighted by atomic mass is 16.5. The molecule has 7 heteroatoms. The van der Waals surface area contributed by atoms with Crippen molar-refractivity contribution >= 4 is 29.4 Å². The van der Waals surface area contributed by atoms with E-state index < -0.39 is 23.7 Å². The molecule has 132 valence electrons. The van der Waals surface area contributed by atoms with E-state index in [1.165, 1.54) is 0 Å². The van der Waals surface area contributed by atoms with Crippen LogP contribution in [0.2, 0.25) is 0 Å². The molecule has 0 fully saturated rings. The zero-order valence-corrected chi connectivity index (χ0v) is 13.7. The number of nitrogens with one attached hydrogen (secondary N) is 1. The van der Waals surface area contributed by atoms with Crippen LogP contribution >= 0.6 is 0 Å². The molecule has 1 atom stereocenters. The van der Waals surface area contributed by atoms with Crippen molar-refractivity contribution in [3.63, 3.8) is 0 Å². The molecule has 0 radical (unpaired) electrons. The summed E-state index contributed by atoms with van der Waals surface area (Å²) < 4.78 is 4.98. The number of carbonyl (C=O) groups excluding carboxylic acids is 2. The monoisotopic (exact) mass is 352 g/mol. The third-order valence-corrected chi connectivity index (χ3v) is 3.99. The Kier molecular flexibility index (Phi) is 5.07. The van der Waals surface area contributed by atoms with Crippen molar-refractivity contribution in [2.75, 3.05) is 5.32 Å². The average Bonchev–Trinajstić information content (AvgIpc) is 2.95. The van der Waals surface area contributed by atoms with Crippen LogP contribution in [0.5, 0.6) is 0 Å². The van der Waals surface area contributed by atoms with Crippen LogP contribution in [0.1, 0.15) is 23.5 Å². The minimum Gasteiger partial charge on any atom is -0.477 e. The molecule has 0 saturated heterocycles. The van der Waals surface area contributed by atoms with E-state index >= 15 is 0 Å². The maximum Gasteiger partial charge on any atom is 0.434 e. The van der Waals surface area contributed by atoms with Gasteiger partial charge >= 0.3 is 12.1 Å². The van der Waals surface area contributed by atoms with Crippen molar-refractivity contribution in [1.29, 1.82) is 0 Å². The van der Waals surface area contributed by atoms with Gasteiger partial charge in [-0.1, -0.05) is 48.5 Å². The highest BCUT2D eigenvalue weighted by Gasteiger charge is 2.33. The van der Waals surface area contributed by atoms with Crippen LogP contribution in [0.4, 0.5) is 10.5 Å². The zero-order valence-electron chi connectivity index (χ0n) is 13.7. The van der Waals surface area contributed by atoms with Crippen molar-refractivity contribution in [2.45, 2.75) is 18.9 Å². The van der Waals surface area contributed by atoms with Crippen LogP contribution < -0.4 is 5.32 Å². The number of anilines is 1. The number of carbonyl (C=O) groups is 3. The van der Waals surface area contributed by atoms with Crippen LogP contribution in [0.25, 0.3) is 0 Å². The Labute approximate surface area is 149 Å². The number of amides is 2. The van der Waals surface area contributed by atoms with Gasteiger partial charge in [0, 0.05) is 12.1 Å². The fourth-order valence-corrected chi connectivity index (χ4v) is 2.71. The summed E-state index contributed by atoms with van der Waals surface area (Å²) in [5.74, 6) is -2.39. The molecular formula is C19H16N2O5. The maximum atomic E-state index is 12.1. The molecule has 7 nitrogen and oxygen atoms in total. The van der Waals surface area contributed by atoms with Gasteiger partial charge in [0.1, 0.15) is 12.3 Å². The summed E-state index contributed by atoms with van der Waals surface area (Å²) in [4.78, 5) is 39.0. The summed E-state index contributed by atoms with van der Waals surface area (Å²) >= 11 is 0. The molecule has 2 amide bonds. The number of ether oxygens (including phenoxy) is 1. The fourth-order valence-electron chi connectivity index (χ4n) is 2.71. The molecule has 1 heterocycles. The third-order valence-electron chi connectivity index (χ3n) is 3.99. The van der Waals surface area contributed by atoms with Gasteiger partial charge < -0.3 is 15.2 Å². The predicted octanol–water partition coefficient (Wildman–Crippen LogP) is 2.97. The lowest BCUT2D eigenvalue weighted by Gasteiger charge is -2.08. The Morgan fingerprint density at radius 3 is 2.50 bits per heavy atom. The van der Waals surface area contributed by atoms with Gasteiger partial charge in [-0.15, -0.1) is 0 Å². The Morgan fingerprint density at radius 1 is 1.08 bits per heavy atom. The maximum absolute atomic E-state index is 12.1. The SMILES string of the molecule is O=C(/N=C(/CC1C(=O)Nc2ccccc21)C(=O)O)OCc1ccccc1. The first-order valence-corrected chi connectivity index (χ1v) is 7.96. The molecule has 26 heavy (non-hydrogen) atoms. The van der Waals surface area contributed by atoms with Gasteiger partial charge in [0.25, 0.3) is 0 Å². The van der Waals surface area contributed by atoms with Crippen LogP contribution in [0.3, 0.4) is 0 Å². The highest BCUT2D eigenvalue weighted by Crippen LogP contribution is 2.34. The summed E-state index contributed by atoms with van der Waals surface area (Å²) in [6, 6.07) is 16.0. The lowest BCUT2D eigenvalue weighted by atomic mass is 9.95. The molecule has 1 unspecified atom stereocenters. The molecule has 3 rings (SSSR count). The van der Waals surface area contributed by atoms with E-state index in [4.69, 9.17) is 4.74 Å². The molecule has 1 aliphatic rings. The van der Waals surface area contributed by atoms with Gasteiger partial charge in [0.05, 0.1) is 5.92 Å². The van der Waals surface area contributed by atoms with E-state index in [1.807, 2.05) is 6.07 Å². The van der Waals surface area contributed by atoms with E-state index in [-0.39, 0.29) is 18.9 Å². The molecule has 2 aromatic carbocycles. The van der Waals surface area contributed by atoms with Crippen molar-refractivity contribution in [2.24, 2.45) is 4.99 Å². The minimum atomic E-state index is -1.36. The first-order valence-electron chi connectivity index (χ1n) is 7.96. The Morgan fingerprint density at radius 2 is 1.77 bits per heavy atom. The molecule has 0 aromatic heterocycles. The van der Waals surface area contributed by atoms with Gasteiger partial charge in [-0.25, -0.2) is 9.59 Å². The van der Waals surface area contributed by atoms with Gasteiger partial charge in [-0.3, -0.25) is 4.79 Å². The fraction of sp³-hybridized carbons (Fsp3) is 0.158. The summed E-state index contributed by atoms with van der Waals surface area (Å²) in [7, 11) is 0. The second kappa shape index (κ2) is 7.60. The number of rotatable bonds is 5. The summed E-state index contributed by atoms with van der Waals surface area (Å²) in [6.45, 7) is -0.0111. The van der Waals surface area contributed by atoms with E-state index in [2.05, 4.69) is 10.3 Å². The molecular weight excluding hydrogens is 336 g/mol. The largest absolute Gasteiger partial charge is 0.477 e. The number of carboxylic acids is 1. The van der Waals surface area contributed by atoms with Gasteiger partial charge in [0.15, 0.2) is 0 Å². The van der Waals surface area contributed by atoms with Crippen molar-refractivity contribution in [3.8, 4) is 0 Å². The number of fused-ring (bicyclic) bond motifs is 1. The second-order valence-corrected chi connectivity index (χ2v) is 5.74. The van der Waals surface area contributed by atoms with E-state index in [0.717, 1.165) is 5.56 Å². The van der Waals surface area contributed by atoms with Crippen molar-refractivity contribution < 1.29 is 24.2 Å². The number of hydrogen-bond donors (Lipinski definition) is 2. The number of para-hydroxylation sites is 1. The third kappa shape index (κ3) is 3.94. The second-order valence-electron chi connectivity index (χ2n) is 5.74. The van der Waals surface area contributed by atoms with E-state index in [9.17, 15) is 19.5 Å². The number of nitrogens with zero attached hydrogens (tertiary/aromatic N) is 1. The molecule has 2 aromatic rings. The first kappa shape index (κ1) is 17.3. The molecule has 0 spiro atoms. The Bertz CT molecular complexity index is 877. The smallest absolute Gasteiger partial charge is 0.434 e. The van der Waals surface area contributed by atoms with Crippen LogP contribution in [0, 0.1) is 0 Å². The molecule has 0 saturated carbocycles. The minimum absolute atomic E-state index is 0.0111. The average molecular weight is 352 g/mol. The Hall–Kier alpha value is -3.48. The summed E-state index contributed by atoms with van der Waals surface area (Å²) in [6.07, 6.45) is -1.20. The quantitative estimate of drug-likeness (QED) is 0.805. The van der Waals surface area contributed by atoms with Crippen LogP contribution in [-0.2, 0) is 20.9 Å². The van der Waals surface area contributed by atoms with E-state index in [0.29, 0.717) is 11.3 Å². The molecule has 0 aliphatic carbocycles.